The maximum Gasteiger partial charge on any atom is 0.305 e. The molecule has 1 heterocycles. The molecule has 0 spiro atoms. The molecule has 0 aliphatic carbocycles. The molecule has 7 heteroatoms. The smallest absolute Gasteiger partial charge is 0.305 e. The molecule has 1 aliphatic rings. The Bertz CT molecular complexity index is 935. The lowest BCUT2D eigenvalue weighted by molar-refractivity contribution is -0.138. The molecule has 160 valence electrons. The first-order valence-electron chi connectivity index (χ1n) is 10.2. The number of hydrogen-bond donors (Lipinski definition) is 1. The van der Waals surface area contributed by atoms with Crippen LogP contribution >= 0.6 is 35.0 Å². The van der Waals surface area contributed by atoms with E-state index in [4.69, 9.17) is 23.2 Å². The first-order valence-corrected chi connectivity index (χ1v) is 11.8. The highest BCUT2D eigenvalue weighted by Crippen LogP contribution is 2.42. The van der Waals surface area contributed by atoms with E-state index in [1.54, 1.807) is 17.0 Å². The minimum atomic E-state index is -0.980. The second-order valence-corrected chi connectivity index (χ2v) is 9.55. The van der Waals surface area contributed by atoms with Gasteiger partial charge >= 0.3 is 5.97 Å². The average molecular weight is 466 g/mol. The van der Waals surface area contributed by atoms with Crippen molar-refractivity contribution in [1.29, 1.82) is 0 Å². The van der Waals surface area contributed by atoms with Gasteiger partial charge in [-0.15, -0.1) is 11.8 Å². The van der Waals surface area contributed by atoms with Crippen LogP contribution in [0.15, 0.2) is 41.3 Å². The number of amides is 1. The summed E-state index contributed by atoms with van der Waals surface area (Å²) in [6.45, 7) is 2.51. The summed E-state index contributed by atoms with van der Waals surface area (Å²) in [5.74, 6) is -1.17. The van der Waals surface area contributed by atoms with E-state index in [1.165, 1.54) is 36.6 Å². The highest BCUT2D eigenvalue weighted by molar-refractivity contribution is 8.01. The number of benzene rings is 2. The van der Waals surface area contributed by atoms with E-state index in [1.807, 2.05) is 12.1 Å². The maximum atomic E-state index is 13.2. The third-order valence-electron chi connectivity index (χ3n) is 5.13. The summed E-state index contributed by atoms with van der Waals surface area (Å²) in [4.78, 5) is 27.1. The van der Waals surface area contributed by atoms with Crippen molar-refractivity contribution >= 4 is 52.5 Å². The quantitative estimate of drug-likeness (QED) is 0.423. The molecule has 0 bridgehead atoms. The maximum absolute atomic E-state index is 13.2. The topological polar surface area (TPSA) is 57.6 Å². The van der Waals surface area contributed by atoms with Crippen LogP contribution in [0.25, 0.3) is 0 Å². The van der Waals surface area contributed by atoms with Crippen LogP contribution in [-0.4, -0.2) is 22.2 Å². The summed E-state index contributed by atoms with van der Waals surface area (Å²) in [6.07, 6.45) is 5.47. The number of nitrogens with zero attached hydrogens (tertiary/aromatic N) is 1. The normalized spacial score (nSPS) is 15.9. The molecule has 0 fully saturated rings. The van der Waals surface area contributed by atoms with Crippen molar-refractivity contribution in [2.24, 2.45) is 0 Å². The van der Waals surface area contributed by atoms with Crippen molar-refractivity contribution in [3.63, 3.8) is 0 Å². The number of hydrogen-bond acceptors (Lipinski definition) is 3. The van der Waals surface area contributed by atoms with Crippen molar-refractivity contribution in [2.75, 3.05) is 4.90 Å². The third kappa shape index (κ3) is 5.71. The van der Waals surface area contributed by atoms with E-state index in [9.17, 15) is 14.7 Å². The summed E-state index contributed by atoms with van der Waals surface area (Å²) < 4.78 is 0. The Labute approximate surface area is 191 Å². The highest BCUT2D eigenvalue weighted by atomic mass is 35.5. The van der Waals surface area contributed by atoms with Crippen LogP contribution in [0.4, 0.5) is 5.69 Å². The predicted octanol–water partition coefficient (Wildman–Crippen LogP) is 6.60. The SMILES string of the molecule is CCCCCCc1ccc2c(c1)N(Cc1ccc(Cl)c(Cl)c1)C(=O)C(CC(=O)O)S2. The number of fused-ring (bicyclic) bond motifs is 1. The number of halogens is 2. The number of carboxylic acid groups (broad SMARTS) is 1. The standard InChI is InChI=1S/C23H25Cl2NO3S/c1-2-3-4-5-6-15-8-10-20-19(12-15)26(23(29)21(30-20)13-22(27)28)14-16-7-9-17(24)18(25)11-16/h7-12,21H,2-6,13-14H2,1H3,(H,27,28). The van der Waals surface area contributed by atoms with Crippen molar-refractivity contribution in [1.82, 2.24) is 0 Å². The molecule has 3 rings (SSSR count). The molecule has 0 radical (unpaired) electrons. The minimum absolute atomic E-state index is 0.191. The van der Waals surface area contributed by atoms with Gasteiger partial charge in [-0.25, -0.2) is 0 Å². The predicted molar refractivity (Wildman–Crippen MR) is 124 cm³/mol. The van der Waals surface area contributed by atoms with Crippen LogP contribution in [0.2, 0.25) is 10.0 Å². The molecule has 1 N–H and O–H groups in total. The lowest BCUT2D eigenvalue weighted by Gasteiger charge is -2.34. The number of aryl methyl sites for hydroxylation is 1. The Hall–Kier alpha value is -1.69. The zero-order valence-electron chi connectivity index (χ0n) is 16.9. The fourth-order valence-corrected chi connectivity index (χ4v) is 5.07. The third-order valence-corrected chi connectivity index (χ3v) is 7.12. The Kier molecular flexibility index (Phi) is 8.09. The van der Waals surface area contributed by atoms with Crippen LogP contribution in [0.1, 0.15) is 50.2 Å². The molecule has 0 aromatic heterocycles. The van der Waals surface area contributed by atoms with Crippen molar-refractivity contribution in [2.45, 2.75) is 62.1 Å². The second-order valence-electron chi connectivity index (χ2n) is 7.49. The van der Waals surface area contributed by atoms with Crippen molar-refractivity contribution < 1.29 is 14.7 Å². The second kappa shape index (κ2) is 10.6. The van der Waals surface area contributed by atoms with E-state index >= 15 is 0 Å². The molecule has 2 aromatic carbocycles. The first-order chi connectivity index (χ1) is 14.4. The van der Waals surface area contributed by atoms with Crippen LogP contribution in [0.5, 0.6) is 0 Å². The summed E-state index contributed by atoms with van der Waals surface area (Å²) >= 11 is 13.5. The van der Waals surface area contributed by atoms with Crippen molar-refractivity contribution in [3.8, 4) is 0 Å². The first kappa shape index (κ1) is 23.0. The Morgan fingerprint density at radius 2 is 1.83 bits per heavy atom. The Balaban J connectivity index is 1.90. The highest BCUT2D eigenvalue weighted by Gasteiger charge is 2.35. The zero-order chi connectivity index (χ0) is 21.7. The number of carboxylic acids is 1. The molecule has 1 atom stereocenters. The van der Waals surface area contributed by atoms with E-state index < -0.39 is 11.2 Å². The Morgan fingerprint density at radius 3 is 2.53 bits per heavy atom. The number of thioether (sulfide) groups is 1. The number of carbonyl (C=O) groups excluding carboxylic acids is 1. The lowest BCUT2D eigenvalue weighted by atomic mass is 10.0. The molecule has 0 saturated carbocycles. The van der Waals surface area contributed by atoms with Gasteiger partial charge in [0.15, 0.2) is 0 Å². The molecule has 4 nitrogen and oxygen atoms in total. The summed E-state index contributed by atoms with van der Waals surface area (Å²) in [7, 11) is 0. The number of anilines is 1. The summed E-state index contributed by atoms with van der Waals surface area (Å²) in [5.41, 5.74) is 2.87. The van der Waals surface area contributed by atoms with Crippen LogP contribution in [-0.2, 0) is 22.6 Å². The van der Waals surface area contributed by atoms with Gasteiger partial charge in [0.1, 0.15) is 0 Å². The molecular formula is C23H25Cl2NO3S. The van der Waals surface area contributed by atoms with E-state index in [0.29, 0.717) is 16.6 Å². The van der Waals surface area contributed by atoms with Gasteiger partial charge in [0.25, 0.3) is 0 Å². The molecule has 1 unspecified atom stereocenters. The average Bonchev–Trinajstić information content (AvgIpc) is 2.71. The number of carbonyl (C=O) groups is 2. The van der Waals surface area contributed by atoms with Gasteiger partial charge in [0.2, 0.25) is 5.91 Å². The fourth-order valence-electron chi connectivity index (χ4n) is 3.55. The van der Waals surface area contributed by atoms with Gasteiger partial charge in [0.05, 0.1) is 33.9 Å². The summed E-state index contributed by atoms with van der Waals surface area (Å²) in [5, 5.41) is 9.49. The number of rotatable bonds is 9. The number of aliphatic carboxylic acids is 1. The number of unbranched alkanes of at least 4 members (excludes halogenated alkanes) is 3. The van der Waals surface area contributed by atoms with Gasteiger partial charge in [-0.3, -0.25) is 9.59 Å². The fraction of sp³-hybridized carbons (Fsp3) is 0.391. The summed E-state index contributed by atoms with van der Waals surface area (Å²) in [6, 6.07) is 11.5. The van der Waals surface area contributed by atoms with Gasteiger partial charge in [0, 0.05) is 4.90 Å². The molecule has 1 amide bonds. The van der Waals surface area contributed by atoms with Crippen LogP contribution in [0, 0.1) is 0 Å². The van der Waals surface area contributed by atoms with Gasteiger partial charge in [-0.2, -0.15) is 0 Å². The van der Waals surface area contributed by atoms with E-state index in [0.717, 1.165) is 29.0 Å². The Morgan fingerprint density at radius 1 is 1.07 bits per heavy atom. The monoisotopic (exact) mass is 465 g/mol. The minimum Gasteiger partial charge on any atom is -0.481 e. The van der Waals surface area contributed by atoms with E-state index in [2.05, 4.69) is 19.1 Å². The molecule has 2 aromatic rings. The van der Waals surface area contributed by atoms with Crippen molar-refractivity contribution in [3.05, 3.63) is 57.6 Å². The van der Waals surface area contributed by atoms with Gasteiger partial charge in [-0.1, -0.05) is 61.5 Å². The largest absolute Gasteiger partial charge is 0.481 e. The van der Waals surface area contributed by atoms with E-state index in [-0.39, 0.29) is 12.3 Å². The molecule has 30 heavy (non-hydrogen) atoms. The van der Waals surface area contributed by atoms with Crippen LogP contribution in [0.3, 0.4) is 0 Å². The molecular weight excluding hydrogens is 441 g/mol. The lowest BCUT2D eigenvalue weighted by Crippen LogP contribution is -2.41. The van der Waals surface area contributed by atoms with Crippen LogP contribution < -0.4 is 4.90 Å². The molecule has 0 saturated heterocycles. The zero-order valence-corrected chi connectivity index (χ0v) is 19.2. The van der Waals surface area contributed by atoms with Gasteiger partial charge in [-0.05, 0) is 48.2 Å². The molecule has 1 aliphatic heterocycles. The van der Waals surface area contributed by atoms with Gasteiger partial charge < -0.3 is 10.0 Å².